The number of H-pyrrole nitrogens is 1. The molecule has 4 heteroatoms. The fourth-order valence-corrected chi connectivity index (χ4v) is 1.74. The smallest absolute Gasteiger partial charge is 0.251 e. The zero-order chi connectivity index (χ0) is 9.84. The monoisotopic (exact) mass is 198 g/mol. The standard InChI is InChI=1S/C9H14N2OS/c1-6(2)5-13-9-10-7(3)4-8(12)11-9/h4,6H,5H2,1-3H3,(H,10,11,12). The highest BCUT2D eigenvalue weighted by Crippen LogP contribution is 2.14. The van der Waals surface area contributed by atoms with Gasteiger partial charge in [-0.15, -0.1) is 0 Å². The minimum atomic E-state index is -0.0706. The van der Waals surface area contributed by atoms with Crippen molar-refractivity contribution in [2.75, 3.05) is 5.75 Å². The van der Waals surface area contributed by atoms with Gasteiger partial charge < -0.3 is 4.98 Å². The summed E-state index contributed by atoms with van der Waals surface area (Å²) in [6.45, 7) is 6.11. The second kappa shape index (κ2) is 4.46. The highest BCUT2D eigenvalue weighted by molar-refractivity contribution is 7.99. The van der Waals surface area contributed by atoms with Crippen molar-refractivity contribution >= 4 is 11.8 Å². The van der Waals surface area contributed by atoms with Gasteiger partial charge in [-0.25, -0.2) is 4.98 Å². The van der Waals surface area contributed by atoms with Gasteiger partial charge in [-0.05, 0) is 12.8 Å². The van der Waals surface area contributed by atoms with Gasteiger partial charge in [0.25, 0.3) is 5.56 Å². The first-order valence-corrected chi connectivity index (χ1v) is 5.27. The third kappa shape index (κ3) is 3.63. The van der Waals surface area contributed by atoms with Crippen LogP contribution < -0.4 is 5.56 Å². The average molecular weight is 198 g/mol. The Balaban J connectivity index is 2.72. The minimum absolute atomic E-state index is 0.0706. The van der Waals surface area contributed by atoms with Crippen LogP contribution in [0.1, 0.15) is 19.5 Å². The maximum atomic E-state index is 11.0. The molecule has 1 aromatic rings. The molecule has 0 saturated heterocycles. The lowest BCUT2D eigenvalue weighted by Crippen LogP contribution is -2.08. The molecule has 0 saturated carbocycles. The lowest BCUT2D eigenvalue weighted by molar-refractivity contribution is 0.747. The van der Waals surface area contributed by atoms with Crippen molar-refractivity contribution in [3.8, 4) is 0 Å². The van der Waals surface area contributed by atoms with E-state index in [4.69, 9.17) is 0 Å². The summed E-state index contributed by atoms with van der Waals surface area (Å²) in [5.41, 5.74) is 0.703. The van der Waals surface area contributed by atoms with Gasteiger partial charge in [-0.3, -0.25) is 4.79 Å². The summed E-state index contributed by atoms with van der Waals surface area (Å²) in [4.78, 5) is 18.0. The van der Waals surface area contributed by atoms with Crippen molar-refractivity contribution in [1.82, 2.24) is 9.97 Å². The molecule has 72 valence electrons. The first kappa shape index (κ1) is 10.3. The van der Waals surface area contributed by atoms with E-state index in [0.29, 0.717) is 5.92 Å². The lowest BCUT2D eigenvalue weighted by Gasteiger charge is -2.03. The van der Waals surface area contributed by atoms with Crippen LogP contribution in [-0.2, 0) is 0 Å². The molecule has 0 aromatic carbocycles. The second-order valence-corrected chi connectivity index (χ2v) is 4.41. The Labute approximate surface area is 82.0 Å². The van der Waals surface area contributed by atoms with Gasteiger partial charge in [0.05, 0.1) is 0 Å². The number of nitrogens with zero attached hydrogens (tertiary/aromatic N) is 1. The quantitative estimate of drug-likeness (QED) is 0.595. The van der Waals surface area contributed by atoms with E-state index in [1.165, 1.54) is 6.07 Å². The average Bonchev–Trinajstić information content (AvgIpc) is 1.99. The highest BCUT2D eigenvalue weighted by atomic mass is 32.2. The van der Waals surface area contributed by atoms with Crippen LogP contribution in [0.15, 0.2) is 16.0 Å². The molecule has 1 rings (SSSR count). The van der Waals surface area contributed by atoms with Crippen molar-refractivity contribution in [2.24, 2.45) is 5.92 Å². The van der Waals surface area contributed by atoms with Crippen molar-refractivity contribution < 1.29 is 0 Å². The van der Waals surface area contributed by atoms with Crippen molar-refractivity contribution in [3.63, 3.8) is 0 Å². The van der Waals surface area contributed by atoms with E-state index in [0.717, 1.165) is 16.6 Å². The van der Waals surface area contributed by atoms with Crippen molar-refractivity contribution in [1.29, 1.82) is 0 Å². The lowest BCUT2D eigenvalue weighted by atomic mass is 10.3. The van der Waals surface area contributed by atoms with Crippen LogP contribution in [0, 0.1) is 12.8 Å². The topological polar surface area (TPSA) is 45.8 Å². The second-order valence-electron chi connectivity index (χ2n) is 3.40. The van der Waals surface area contributed by atoms with Crippen LogP contribution in [0.2, 0.25) is 0 Å². The van der Waals surface area contributed by atoms with Gasteiger partial charge in [0, 0.05) is 17.5 Å². The Bertz CT molecular complexity index is 333. The molecule has 13 heavy (non-hydrogen) atoms. The molecule has 0 radical (unpaired) electrons. The number of rotatable bonds is 3. The number of nitrogens with one attached hydrogen (secondary N) is 1. The predicted octanol–water partition coefficient (Wildman–Crippen LogP) is 1.83. The molecule has 1 aromatic heterocycles. The zero-order valence-electron chi connectivity index (χ0n) is 8.13. The van der Waals surface area contributed by atoms with Crippen molar-refractivity contribution in [3.05, 3.63) is 22.1 Å². The molecule has 3 nitrogen and oxygen atoms in total. The number of aromatic amines is 1. The molecule has 0 unspecified atom stereocenters. The Morgan fingerprint density at radius 1 is 1.62 bits per heavy atom. The normalized spacial score (nSPS) is 10.8. The largest absolute Gasteiger partial charge is 0.301 e. The summed E-state index contributed by atoms with van der Waals surface area (Å²) < 4.78 is 0. The van der Waals surface area contributed by atoms with Gasteiger partial charge in [-0.2, -0.15) is 0 Å². The Hall–Kier alpha value is -0.770. The Morgan fingerprint density at radius 3 is 2.85 bits per heavy atom. The SMILES string of the molecule is Cc1cc(=O)[nH]c(SCC(C)C)n1. The molecular formula is C9H14N2OS. The summed E-state index contributed by atoms with van der Waals surface area (Å²) in [5.74, 6) is 1.59. The molecule has 0 aliphatic rings. The maximum Gasteiger partial charge on any atom is 0.251 e. The van der Waals surface area contributed by atoms with E-state index in [9.17, 15) is 4.79 Å². The molecule has 0 fully saturated rings. The first-order chi connectivity index (χ1) is 6.08. The number of aryl methyl sites for hydroxylation is 1. The highest BCUT2D eigenvalue weighted by Gasteiger charge is 2.00. The van der Waals surface area contributed by atoms with Crippen molar-refractivity contribution in [2.45, 2.75) is 25.9 Å². The van der Waals surface area contributed by atoms with E-state index in [1.54, 1.807) is 11.8 Å². The number of hydrogen-bond donors (Lipinski definition) is 1. The van der Waals surface area contributed by atoms with E-state index >= 15 is 0 Å². The maximum absolute atomic E-state index is 11.0. The molecular weight excluding hydrogens is 184 g/mol. The Morgan fingerprint density at radius 2 is 2.31 bits per heavy atom. The fraction of sp³-hybridized carbons (Fsp3) is 0.556. The van der Waals surface area contributed by atoms with Crippen LogP contribution >= 0.6 is 11.8 Å². The van der Waals surface area contributed by atoms with Gasteiger partial charge in [0.2, 0.25) is 0 Å². The van der Waals surface area contributed by atoms with E-state index in [1.807, 2.05) is 6.92 Å². The molecule has 0 aliphatic heterocycles. The predicted molar refractivity (Wildman–Crippen MR) is 55.2 cm³/mol. The summed E-state index contributed by atoms with van der Waals surface area (Å²) in [6.07, 6.45) is 0. The van der Waals surface area contributed by atoms with Crippen LogP contribution in [0.5, 0.6) is 0 Å². The third-order valence-electron chi connectivity index (χ3n) is 1.40. The van der Waals surface area contributed by atoms with Crippen LogP contribution in [0.25, 0.3) is 0 Å². The number of hydrogen-bond acceptors (Lipinski definition) is 3. The minimum Gasteiger partial charge on any atom is -0.301 e. The third-order valence-corrected chi connectivity index (χ3v) is 2.70. The molecule has 1 heterocycles. The fourth-order valence-electron chi connectivity index (χ4n) is 0.866. The van der Waals surface area contributed by atoms with Crippen LogP contribution in [-0.4, -0.2) is 15.7 Å². The summed E-state index contributed by atoms with van der Waals surface area (Å²) in [7, 11) is 0. The Kier molecular flexibility index (Phi) is 3.54. The van der Waals surface area contributed by atoms with E-state index in [-0.39, 0.29) is 5.56 Å². The summed E-state index contributed by atoms with van der Waals surface area (Å²) in [6, 6.07) is 1.50. The molecule has 0 spiro atoms. The van der Waals surface area contributed by atoms with Gasteiger partial charge >= 0.3 is 0 Å². The molecule has 1 N–H and O–H groups in total. The molecule has 0 atom stereocenters. The summed E-state index contributed by atoms with van der Waals surface area (Å²) >= 11 is 1.59. The number of aromatic nitrogens is 2. The molecule has 0 amide bonds. The number of thioether (sulfide) groups is 1. The van der Waals surface area contributed by atoms with Gasteiger partial charge in [0.15, 0.2) is 5.16 Å². The van der Waals surface area contributed by atoms with E-state index in [2.05, 4.69) is 23.8 Å². The molecule has 0 aliphatic carbocycles. The van der Waals surface area contributed by atoms with Gasteiger partial charge in [0.1, 0.15) is 0 Å². The molecule has 0 bridgehead atoms. The van der Waals surface area contributed by atoms with Crippen LogP contribution in [0.4, 0.5) is 0 Å². The van der Waals surface area contributed by atoms with Gasteiger partial charge in [-0.1, -0.05) is 25.6 Å². The first-order valence-electron chi connectivity index (χ1n) is 4.28. The van der Waals surface area contributed by atoms with E-state index < -0.39 is 0 Å². The van der Waals surface area contributed by atoms with Crippen LogP contribution in [0.3, 0.4) is 0 Å². The summed E-state index contributed by atoms with van der Waals surface area (Å²) in [5, 5.41) is 0.721. The zero-order valence-corrected chi connectivity index (χ0v) is 8.94.